The molecule has 4 rings (SSSR count). The highest BCUT2D eigenvalue weighted by Crippen LogP contribution is 2.48. The van der Waals surface area contributed by atoms with Gasteiger partial charge in [-0.15, -0.1) is 0 Å². The van der Waals surface area contributed by atoms with Gasteiger partial charge in [-0.1, -0.05) is 23.7 Å². The van der Waals surface area contributed by atoms with Crippen molar-refractivity contribution in [1.29, 1.82) is 0 Å². The molecule has 1 aromatic heterocycles. The summed E-state index contributed by atoms with van der Waals surface area (Å²) in [5, 5.41) is 0.670. The molecule has 2 atom stereocenters. The molecule has 3 aromatic rings. The van der Waals surface area contributed by atoms with Crippen LogP contribution in [-0.2, 0) is 9.53 Å². The van der Waals surface area contributed by atoms with Crippen LogP contribution >= 0.6 is 11.6 Å². The Labute approximate surface area is 187 Å². The molecule has 0 saturated carbocycles. The van der Waals surface area contributed by atoms with E-state index in [4.69, 9.17) is 25.8 Å². The number of para-hydroxylation sites is 1. The van der Waals surface area contributed by atoms with Crippen molar-refractivity contribution in [3.63, 3.8) is 0 Å². The van der Waals surface area contributed by atoms with E-state index in [2.05, 4.69) is 16.7 Å². The van der Waals surface area contributed by atoms with E-state index in [0.29, 0.717) is 36.0 Å². The first-order chi connectivity index (χ1) is 15.1. The Morgan fingerprint density at radius 3 is 2.68 bits per heavy atom. The Morgan fingerprint density at radius 2 is 1.94 bits per heavy atom. The highest BCUT2D eigenvalue weighted by molar-refractivity contribution is 6.30. The number of ether oxygens (including phenoxy) is 3. The van der Waals surface area contributed by atoms with Crippen molar-refractivity contribution in [2.45, 2.75) is 31.6 Å². The van der Waals surface area contributed by atoms with Gasteiger partial charge in [0.2, 0.25) is 0 Å². The third-order valence-electron chi connectivity index (χ3n) is 5.87. The van der Waals surface area contributed by atoms with Gasteiger partial charge in [-0.05, 0) is 55.3 Å². The van der Waals surface area contributed by atoms with Crippen LogP contribution in [0.25, 0.3) is 5.69 Å². The number of rotatable bonds is 6. The number of methoxy groups -OCH3 is 2. The zero-order valence-corrected chi connectivity index (χ0v) is 18.7. The first-order valence-corrected chi connectivity index (χ1v) is 10.8. The second-order valence-corrected chi connectivity index (χ2v) is 8.02. The molecular weight excluding hydrogens is 414 g/mol. The van der Waals surface area contributed by atoms with Crippen LogP contribution in [0.4, 0.5) is 0 Å². The van der Waals surface area contributed by atoms with Gasteiger partial charge in [0.1, 0.15) is 0 Å². The van der Waals surface area contributed by atoms with Crippen molar-refractivity contribution in [2.75, 3.05) is 20.8 Å². The second-order valence-electron chi connectivity index (χ2n) is 7.58. The van der Waals surface area contributed by atoms with Gasteiger partial charge in [0.25, 0.3) is 0 Å². The summed E-state index contributed by atoms with van der Waals surface area (Å²) in [4.78, 5) is 12.5. The third kappa shape index (κ3) is 4.02. The lowest BCUT2D eigenvalue weighted by atomic mass is 9.81. The molecule has 0 spiro atoms. The fourth-order valence-corrected chi connectivity index (χ4v) is 4.77. The lowest BCUT2D eigenvalue weighted by molar-refractivity contribution is -0.143. The zero-order chi connectivity index (χ0) is 22.0. The van der Waals surface area contributed by atoms with Gasteiger partial charge in [0.05, 0.1) is 27.2 Å². The summed E-state index contributed by atoms with van der Waals surface area (Å²) in [5.41, 5.74) is 4.22. The van der Waals surface area contributed by atoms with E-state index in [-0.39, 0.29) is 17.8 Å². The van der Waals surface area contributed by atoms with Gasteiger partial charge in [-0.3, -0.25) is 4.79 Å². The number of esters is 1. The number of carbonyl (C=O) groups excluding carboxylic acids is 1. The molecule has 0 saturated heterocycles. The van der Waals surface area contributed by atoms with Crippen LogP contribution in [0.2, 0.25) is 5.02 Å². The minimum absolute atomic E-state index is 0.0267. The van der Waals surface area contributed by atoms with E-state index in [0.717, 1.165) is 22.5 Å². The summed E-state index contributed by atoms with van der Waals surface area (Å²) in [6.45, 7) is 2.20. The quantitative estimate of drug-likeness (QED) is 0.461. The van der Waals surface area contributed by atoms with E-state index in [1.165, 1.54) is 0 Å². The summed E-state index contributed by atoms with van der Waals surface area (Å²) in [7, 11) is 3.28. The summed E-state index contributed by atoms with van der Waals surface area (Å²) >= 11 is 6.44. The molecule has 31 heavy (non-hydrogen) atoms. The highest BCUT2D eigenvalue weighted by atomic mass is 35.5. The summed E-state index contributed by atoms with van der Waals surface area (Å²) < 4.78 is 18.8. The van der Waals surface area contributed by atoms with Crippen LogP contribution in [-0.4, -0.2) is 31.4 Å². The molecule has 2 heterocycles. The molecule has 0 N–H and O–H groups in total. The molecule has 0 amide bonds. The molecule has 0 radical (unpaired) electrons. The second kappa shape index (κ2) is 9.06. The van der Waals surface area contributed by atoms with Crippen LogP contribution < -0.4 is 9.47 Å². The number of fused-ring (bicyclic) bond motifs is 3. The van der Waals surface area contributed by atoms with Gasteiger partial charge < -0.3 is 18.8 Å². The zero-order valence-electron chi connectivity index (χ0n) is 17.9. The van der Waals surface area contributed by atoms with Crippen LogP contribution in [0.5, 0.6) is 11.5 Å². The Bertz CT molecular complexity index is 1090. The number of carbonyl (C=O) groups is 1. The topological polar surface area (TPSA) is 49.7 Å². The Morgan fingerprint density at radius 1 is 1.10 bits per heavy atom. The van der Waals surface area contributed by atoms with Crippen molar-refractivity contribution >= 4 is 17.6 Å². The Hall–Kier alpha value is -2.92. The molecule has 1 unspecified atom stereocenters. The molecule has 0 fully saturated rings. The summed E-state index contributed by atoms with van der Waals surface area (Å²) in [6.07, 6.45) is 3.05. The first-order valence-electron chi connectivity index (χ1n) is 10.4. The molecule has 6 heteroatoms. The molecule has 5 nitrogen and oxygen atoms in total. The predicted molar refractivity (Wildman–Crippen MR) is 121 cm³/mol. The highest BCUT2D eigenvalue weighted by Gasteiger charge is 2.33. The maximum Gasteiger partial charge on any atom is 0.306 e. The van der Waals surface area contributed by atoms with E-state index >= 15 is 0 Å². The van der Waals surface area contributed by atoms with E-state index in [1.807, 2.05) is 49.5 Å². The number of halogens is 1. The van der Waals surface area contributed by atoms with Crippen LogP contribution in [0, 0.1) is 0 Å². The fourth-order valence-electron chi connectivity index (χ4n) is 4.59. The number of hydrogen-bond acceptors (Lipinski definition) is 4. The molecule has 1 aliphatic heterocycles. The number of aromatic nitrogens is 1. The Kier molecular flexibility index (Phi) is 6.23. The molecule has 2 aromatic carbocycles. The first kappa shape index (κ1) is 21.3. The normalized spacial score (nSPS) is 17.3. The van der Waals surface area contributed by atoms with Gasteiger partial charge in [-0.2, -0.15) is 0 Å². The van der Waals surface area contributed by atoms with Crippen molar-refractivity contribution in [1.82, 2.24) is 4.57 Å². The van der Waals surface area contributed by atoms with Gasteiger partial charge >= 0.3 is 5.97 Å². The Balaban J connectivity index is 1.90. The molecule has 0 aliphatic carbocycles. The minimum atomic E-state index is -0.194. The fraction of sp³-hybridized carbons (Fsp3) is 0.320. The molecule has 1 aliphatic rings. The number of nitrogens with zero attached hydrogens (tertiary/aromatic N) is 1. The molecule has 0 bridgehead atoms. The molecular formula is C25H26ClNO4. The lowest BCUT2D eigenvalue weighted by Gasteiger charge is -2.24. The molecule has 162 valence electrons. The van der Waals surface area contributed by atoms with Crippen molar-refractivity contribution in [2.24, 2.45) is 0 Å². The minimum Gasteiger partial charge on any atom is -0.493 e. The van der Waals surface area contributed by atoms with E-state index < -0.39 is 0 Å². The standard InChI is InChI=1S/C25H26ClNO4/c1-4-31-24(28)14-16-13-19(18-7-5-9-23(29-2)25(18)30-3)20-15-17(26)10-11-22(20)27-12-6-8-21(16)27/h5-12,15-16,19H,4,13-14H2,1-3H3/t16-,19?/m0/s1. The largest absolute Gasteiger partial charge is 0.493 e. The van der Waals surface area contributed by atoms with Crippen LogP contribution in [0.3, 0.4) is 0 Å². The number of hydrogen-bond donors (Lipinski definition) is 0. The van der Waals surface area contributed by atoms with Gasteiger partial charge in [-0.25, -0.2) is 0 Å². The average molecular weight is 440 g/mol. The average Bonchev–Trinajstić information content (AvgIpc) is 3.21. The van der Waals surface area contributed by atoms with E-state index in [9.17, 15) is 4.79 Å². The lowest BCUT2D eigenvalue weighted by Crippen LogP contribution is -2.14. The maximum absolute atomic E-state index is 12.5. The van der Waals surface area contributed by atoms with Crippen molar-refractivity contribution in [3.8, 4) is 17.2 Å². The SMILES string of the molecule is CCOC(=O)C[C@@H]1CC(c2cccc(OC)c2OC)c2cc(Cl)ccc2-n2cccc21. The smallest absolute Gasteiger partial charge is 0.306 e. The monoisotopic (exact) mass is 439 g/mol. The number of benzene rings is 2. The van der Waals surface area contributed by atoms with Gasteiger partial charge in [0, 0.05) is 40.0 Å². The van der Waals surface area contributed by atoms with E-state index in [1.54, 1.807) is 14.2 Å². The van der Waals surface area contributed by atoms with Crippen molar-refractivity contribution in [3.05, 3.63) is 76.6 Å². The van der Waals surface area contributed by atoms with Crippen molar-refractivity contribution < 1.29 is 19.0 Å². The van der Waals surface area contributed by atoms with Crippen LogP contribution in [0.1, 0.15) is 48.4 Å². The third-order valence-corrected chi connectivity index (χ3v) is 6.11. The predicted octanol–water partition coefficient (Wildman–Crippen LogP) is 5.72. The summed E-state index contributed by atoms with van der Waals surface area (Å²) in [5.74, 6) is 1.11. The maximum atomic E-state index is 12.5. The summed E-state index contributed by atoms with van der Waals surface area (Å²) in [6, 6.07) is 15.9. The van der Waals surface area contributed by atoms with Gasteiger partial charge in [0.15, 0.2) is 11.5 Å². The van der Waals surface area contributed by atoms with Crippen LogP contribution in [0.15, 0.2) is 54.7 Å².